The third kappa shape index (κ3) is 5.80. The maximum absolute atomic E-state index is 12.9. The minimum Gasteiger partial charge on any atom is -0.494 e. The fourth-order valence-corrected chi connectivity index (χ4v) is 5.13. The van der Waals surface area contributed by atoms with Gasteiger partial charge < -0.3 is 10.1 Å². The van der Waals surface area contributed by atoms with Crippen molar-refractivity contribution in [2.24, 2.45) is 0 Å². The lowest BCUT2D eigenvalue weighted by atomic mass is 10.2. The van der Waals surface area contributed by atoms with E-state index in [1.807, 2.05) is 0 Å². The van der Waals surface area contributed by atoms with Crippen molar-refractivity contribution in [2.75, 3.05) is 26.2 Å². The van der Waals surface area contributed by atoms with E-state index >= 15 is 0 Å². The van der Waals surface area contributed by atoms with E-state index in [9.17, 15) is 17.6 Å². The molecule has 30 heavy (non-hydrogen) atoms. The lowest BCUT2D eigenvalue weighted by molar-refractivity contribution is 0.0951. The van der Waals surface area contributed by atoms with Gasteiger partial charge in [-0.1, -0.05) is 0 Å². The fraction of sp³-hybridized carbons (Fsp3) is 0.381. The quantitative estimate of drug-likeness (QED) is 0.530. The molecule has 0 unspecified atom stereocenters. The summed E-state index contributed by atoms with van der Waals surface area (Å²) in [6.45, 7) is 1.91. The van der Waals surface area contributed by atoms with Gasteiger partial charge in [-0.25, -0.2) is 12.8 Å². The molecule has 0 atom stereocenters. The summed E-state index contributed by atoms with van der Waals surface area (Å²) in [5.74, 6) is -0.0475. The van der Waals surface area contributed by atoms with Crippen LogP contribution in [0.25, 0.3) is 0 Å². The van der Waals surface area contributed by atoms with Gasteiger partial charge >= 0.3 is 0 Å². The number of halogens is 2. The van der Waals surface area contributed by atoms with Gasteiger partial charge in [0.1, 0.15) is 11.6 Å². The number of hydrogen-bond acceptors (Lipinski definition) is 4. The Morgan fingerprint density at radius 1 is 1.10 bits per heavy atom. The summed E-state index contributed by atoms with van der Waals surface area (Å²) in [6, 6.07) is 10.3. The Bertz CT molecular complexity index is 977. The van der Waals surface area contributed by atoms with E-state index in [1.165, 1.54) is 28.6 Å². The molecule has 1 fully saturated rings. The third-order valence-corrected chi connectivity index (χ3v) is 7.41. The van der Waals surface area contributed by atoms with Gasteiger partial charge in [-0.15, -0.1) is 0 Å². The van der Waals surface area contributed by atoms with E-state index in [-0.39, 0.29) is 22.2 Å². The predicted octanol–water partition coefficient (Wildman–Crippen LogP) is 3.96. The molecule has 9 heteroatoms. The number of carbonyl (C=O) groups excluding carboxylic acids is 1. The third-order valence-electron chi connectivity index (χ3n) is 4.82. The zero-order valence-electron chi connectivity index (χ0n) is 16.4. The number of nitrogens with one attached hydrogen (secondary N) is 1. The Morgan fingerprint density at radius 3 is 2.50 bits per heavy atom. The molecule has 1 aliphatic heterocycles. The van der Waals surface area contributed by atoms with Crippen molar-refractivity contribution in [3.63, 3.8) is 0 Å². The van der Waals surface area contributed by atoms with Crippen molar-refractivity contribution < 1.29 is 22.3 Å². The Balaban J connectivity index is 1.49. The van der Waals surface area contributed by atoms with Crippen LogP contribution in [0.3, 0.4) is 0 Å². The Kier molecular flexibility index (Phi) is 7.85. The fourth-order valence-electron chi connectivity index (χ4n) is 3.16. The van der Waals surface area contributed by atoms with E-state index in [1.54, 1.807) is 18.2 Å². The van der Waals surface area contributed by atoms with E-state index in [0.29, 0.717) is 49.3 Å². The van der Waals surface area contributed by atoms with Gasteiger partial charge in [-0.05, 0) is 84.1 Å². The number of hydrogen-bond donors (Lipinski definition) is 1. The maximum atomic E-state index is 12.9. The molecule has 1 amide bonds. The number of benzene rings is 2. The molecule has 3 rings (SSSR count). The van der Waals surface area contributed by atoms with Crippen molar-refractivity contribution in [3.8, 4) is 5.75 Å². The molecule has 1 saturated heterocycles. The molecular weight excluding hydrogens is 475 g/mol. The second-order valence-electron chi connectivity index (χ2n) is 7.02. The van der Waals surface area contributed by atoms with Crippen LogP contribution in [-0.2, 0) is 10.0 Å². The van der Waals surface area contributed by atoms with Crippen molar-refractivity contribution in [3.05, 3.63) is 58.3 Å². The van der Waals surface area contributed by atoms with Crippen LogP contribution in [0.2, 0.25) is 0 Å². The molecule has 1 N–H and O–H groups in total. The van der Waals surface area contributed by atoms with Gasteiger partial charge in [-0.2, -0.15) is 4.31 Å². The van der Waals surface area contributed by atoms with Crippen LogP contribution < -0.4 is 10.1 Å². The normalized spacial score (nSPS) is 14.6. The largest absolute Gasteiger partial charge is 0.494 e. The Morgan fingerprint density at radius 2 is 1.80 bits per heavy atom. The van der Waals surface area contributed by atoms with Crippen molar-refractivity contribution in [1.29, 1.82) is 0 Å². The summed E-state index contributed by atoms with van der Waals surface area (Å²) in [5.41, 5.74) is 0.290. The first-order valence-electron chi connectivity index (χ1n) is 9.84. The molecule has 1 heterocycles. The van der Waals surface area contributed by atoms with E-state index in [0.717, 1.165) is 12.8 Å². The minimum atomic E-state index is -3.58. The molecule has 0 radical (unpaired) electrons. The zero-order valence-corrected chi connectivity index (χ0v) is 18.8. The minimum absolute atomic E-state index is 0.130. The van der Waals surface area contributed by atoms with Crippen LogP contribution in [-0.4, -0.2) is 44.9 Å². The molecule has 0 bridgehead atoms. The number of unbranched alkanes of at least 4 members (excludes halogenated alkanes) is 1. The number of amides is 1. The van der Waals surface area contributed by atoms with Crippen LogP contribution in [0.15, 0.2) is 51.8 Å². The number of rotatable bonds is 9. The standard InChI is InChI=1S/C21H24BrFN2O4S/c22-20-10-9-18(30(27,28)25-12-2-3-13-25)15-19(20)21(26)24-11-1-4-14-29-17-7-5-16(23)6-8-17/h5-10,15H,1-4,11-14H2,(H,24,26). The Hall–Kier alpha value is -1.97. The van der Waals surface area contributed by atoms with Crippen LogP contribution in [0, 0.1) is 5.82 Å². The van der Waals surface area contributed by atoms with Gasteiger partial charge in [0.05, 0.1) is 17.1 Å². The Labute approximate surface area is 184 Å². The highest BCUT2D eigenvalue weighted by Gasteiger charge is 2.28. The predicted molar refractivity (Wildman–Crippen MR) is 116 cm³/mol. The van der Waals surface area contributed by atoms with Gasteiger partial charge in [0.15, 0.2) is 0 Å². The highest BCUT2D eigenvalue weighted by molar-refractivity contribution is 9.10. The maximum Gasteiger partial charge on any atom is 0.252 e. The lowest BCUT2D eigenvalue weighted by Gasteiger charge is -2.16. The number of nitrogens with zero attached hydrogens (tertiary/aromatic N) is 1. The van der Waals surface area contributed by atoms with Crippen LogP contribution >= 0.6 is 15.9 Å². The topological polar surface area (TPSA) is 75.7 Å². The van der Waals surface area contributed by atoms with Crippen molar-refractivity contribution in [2.45, 2.75) is 30.6 Å². The second kappa shape index (κ2) is 10.4. The summed E-state index contributed by atoms with van der Waals surface area (Å²) in [6.07, 6.45) is 3.11. The molecule has 0 saturated carbocycles. The van der Waals surface area contributed by atoms with Crippen LogP contribution in [0.1, 0.15) is 36.0 Å². The molecule has 1 aliphatic rings. The van der Waals surface area contributed by atoms with Gasteiger partial charge in [0, 0.05) is 24.1 Å². The van der Waals surface area contributed by atoms with Crippen LogP contribution in [0.5, 0.6) is 5.75 Å². The first kappa shape index (κ1) is 22.7. The average Bonchev–Trinajstić information content (AvgIpc) is 3.28. The second-order valence-corrected chi connectivity index (χ2v) is 9.81. The lowest BCUT2D eigenvalue weighted by Crippen LogP contribution is -2.29. The van der Waals surface area contributed by atoms with Gasteiger partial charge in [0.2, 0.25) is 10.0 Å². The van der Waals surface area contributed by atoms with Gasteiger partial charge in [0.25, 0.3) is 5.91 Å². The molecule has 6 nitrogen and oxygen atoms in total. The van der Waals surface area contributed by atoms with Gasteiger partial charge in [-0.3, -0.25) is 4.79 Å². The summed E-state index contributed by atoms with van der Waals surface area (Å²) in [5, 5.41) is 2.81. The zero-order chi connectivity index (χ0) is 21.6. The summed E-state index contributed by atoms with van der Waals surface area (Å²) in [4.78, 5) is 12.7. The highest BCUT2D eigenvalue weighted by atomic mass is 79.9. The number of sulfonamides is 1. The smallest absolute Gasteiger partial charge is 0.252 e. The van der Waals surface area contributed by atoms with E-state index < -0.39 is 10.0 Å². The first-order chi connectivity index (χ1) is 14.4. The summed E-state index contributed by atoms with van der Waals surface area (Å²) in [7, 11) is -3.58. The van der Waals surface area contributed by atoms with Crippen molar-refractivity contribution in [1.82, 2.24) is 9.62 Å². The summed E-state index contributed by atoms with van der Waals surface area (Å²) >= 11 is 3.33. The molecule has 2 aromatic rings. The number of ether oxygens (including phenoxy) is 1. The molecular formula is C21H24BrFN2O4S. The van der Waals surface area contributed by atoms with E-state index in [2.05, 4.69) is 21.2 Å². The first-order valence-corrected chi connectivity index (χ1v) is 12.1. The molecule has 2 aromatic carbocycles. The molecule has 0 aliphatic carbocycles. The van der Waals surface area contributed by atoms with Crippen LogP contribution in [0.4, 0.5) is 4.39 Å². The SMILES string of the molecule is O=C(NCCCCOc1ccc(F)cc1)c1cc(S(=O)(=O)N2CCCC2)ccc1Br. The van der Waals surface area contributed by atoms with E-state index in [4.69, 9.17) is 4.74 Å². The average molecular weight is 499 g/mol. The molecule has 0 spiro atoms. The number of carbonyl (C=O) groups is 1. The van der Waals surface area contributed by atoms with Crippen molar-refractivity contribution >= 4 is 31.9 Å². The molecule has 0 aromatic heterocycles. The molecule has 162 valence electrons. The highest BCUT2D eigenvalue weighted by Crippen LogP contribution is 2.25. The monoisotopic (exact) mass is 498 g/mol. The summed E-state index contributed by atoms with van der Waals surface area (Å²) < 4.78 is 45.8.